The van der Waals surface area contributed by atoms with E-state index < -0.39 is 0 Å². The lowest BCUT2D eigenvalue weighted by Crippen LogP contribution is -2.48. The lowest BCUT2D eigenvalue weighted by molar-refractivity contribution is 0.191. The number of nitrogens with one attached hydrogen (secondary N) is 2. The van der Waals surface area contributed by atoms with E-state index in [1.54, 1.807) is 0 Å². The van der Waals surface area contributed by atoms with Crippen LogP contribution in [0, 0.1) is 5.92 Å². The highest BCUT2D eigenvalue weighted by molar-refractivity contribution is 5.79. The summed E-state index contributed by atoms with van der Waals surface area (Å²) >= 11 is 0. The van der Waals surface area contributed by atoms with Gasteiger partial charge in [-0.05, 0) is 39.3 Å². The van der Waals surface area contributed by atoms with Gasteiger partial charge in [-0.15, -0.1) is 0 Å². The number of nitrogens with zero attached hydrogens (tertiary/aromatic N) is 2. The molecule has 0 aliphatic carbocycles. The van der Waals surface area contributed by atoms with Crippen molar-refractivity contribution in [1.29, 1.82) is 0 Å². The molecule has 1 unspecified atom stereocenters. The molecule has 0 aromatic carbocycles. The van der Waals surface area contributed by atoms with Crippen LogP contribution >= 0.6 is 0 Å². The van der Waals surface area contributed by atoms with Crippen LogP contribution in [0.2, 0.25) is 0 Å². The van der Waals surface area contributed by atoms with Crippen molar-refractivity contribution in [1.82, 2.24) is 15.5 Å². The summed E-state index contributed by atoms with van der Waals surface area (Å²) < 4.78 is 0. The van der Waals surface area contributed by atoms with Gasteiger partial charge < -0.3 is 10.6 Å². The molecule has 4 heteroatoms. The minimum Gasteiger partial charge on any atom is -0.355 e. The Kier molecular flexibility index (Phi) is 9.66. The minimum absolute atomic E-state index is 0.406. The average molecular weight is 270 g/mol. The molecule has 0 fully saturated rings. The van der Waals surface area contributed by atoms with Gasteiger partial charge in [-0.25, -0.2) is 0 Å². The Morgan fingerprint density at radius 2 is 1.68 bits per heavy atom. The highest BCUT2D eigenvalue weighted by Crippen LogP contribution is 2.10. The van der Waals surface area contributed by atoms with Gasteiger partial charge in [0.1, 0.15) is 0 Å². The van der Waals surface area contributed by atoms with Crippen LogP contribution in [0.4, 0.5) is 0 Å². The molecule has 0 aromatic heterocycles. The van der Waals surface area contributed by atoms with Crippen molar-refractivity contribution in [2.24, 2.45) is 10.9 Å². The smallest absolute Gasteiger partial charge is 0.191 e. The van der Waals surface area contributed by atoms with E-state index in [2.05, 4.69) is 62.1 Å². The molecule has 0 radical (unpaired) electrons. The Hall–Kier alpha value is -0.770. The lowest BCUT2D eigenvalue weighted by Gasteiger charge is -2.31. The van der Waals surface area contributed by atoms with Gasteiger partial charge in [0.2, 0.25) is 0 Å². The number of likely N-dealkylation sites (N-methyl/N-ethyl adjacent to an activating group) is 1. The molecular weight excluding hydrogens is 236 g/mol. The zero-order valence-electron chi connectivity index (χ0n) is 14.0. The first kappa shape index (κ1) is 18.2. The molecule has 4 nitrogen and oxygen atoms in total. The zero-order valence-corrected chi connectivity index (χ0v) is 14.0. The SMILES string of the molecule is CCN(CC)C(CNC(=NC)NC(C)C)CC(C)C. The number of guanidine groups is 1. The van der Waals surface area contributed by atoms with Crippen LogP contribution in [0.5, 0.6) is 0 Å². The fourth-order valence-electron chi connectivity index (χ4n) is 2.33. The molecule has 0 aromatic rings. The quantitative estimate of drug-likeness (QED) is 0.525. The average Bonchev–Trinajstić information content (AvgIpc) is 2.34. The molecule has 0 heterocycles. The fraction of sp³-hybridized carbons (Fsp3) is 0.933. The van der Waals surface area contributed by atoms with Gasteiger partial charge in [0.15, 0.2) is 5.96 Å². The summed E-state index contributed by atoms with van der Waals surface area (Å²) in [5.41, 5.74) is 0. The summed E-state index contributed by atoms with van der Waals surface area (Å²) in [5.74, 6) is 1.61. The third-order valence-corrected chi connectivity index (χ3v) is 3.23. The maximum absolute atomic E-state index is 4.27. The summed E-state index contributed by atoms with van der Waals surface area (Å²) in [4.78, 5) is 6.79. The molecule has 0 rings (SSSR count). The van der Waals surface area contributed by atoms with Crippen LogP contribution in [-0.2, 0) is 0 Å². The number of hydrogen-bond donors (Lipinski definition) is 2. The number of hydrogen-bond acceptors (Lipinski definition) is 2. The second kappa shape index (κ2) is 10.1. The zero-order chi connectivity index (χ0) is 14.8. The molecule has 0 spiro atoms. The molecule has 0 aliphatic heterocycles. The Bertz CT molecular complexity index is 245. The minimum atomic E-state index is 0.406. The first-order valence-electron chi connectivity index (χ1n) is 7.65. The summed E-state index contributed by atoms with van der Waals surface area (Å²) in [5, 5.41) is 6.79. The highest BCUT2D eigenvalue weighted by atomic mass is 15.2. The predicted molar refractivity (Wildman–Crippen MR) is 85.8 cm³/mol. The van der Waals surface area contributed by atoms with Crippen molar-refractivity contribution in [3.8, 4) is 0 Å². The van der Waals surface area contributed by atoms with Crippen LogP contribution in [0.3, 0.4) is 0 Å². The molecular formula is C15H34N4. The predicted octanol–water partition coefficient (Wildman–Crippen LogP) is 2.32. The van der Waals surface area contributed by atoms with E-state index in [0.29, 0.717) is 18.0 Å². The van der Waals surface area contributed by atoms with E-state index in [0.717, 1.165) is 25.6 Å². The second-order valence-corrected chi connectivity index (χ2v) is 5.76. The molecule has 0 bridgehead atoms. The molecule has 114 valence electrons. The Morgan fingerprint density at radius 3 is 2.05 bits per heavy atom. The highest BCUT2D eigenvalue weighted by Gasteiger charge is 2.17. The molecule has 1 atom stereocenters. The van der Waals surface area contributed by atoms with Crippen molar-refractivity contribution in [3.05, 3.63) is 0 Å². The summed E-state index contributed by atoms with van der Waals surface area (Å²) in [7, 11) is 1.83. The van der Waals surface area contributed by atoms with Crippen molar-refractivity contribution < 1.29 is 0 Å². The van der Waals surface area contributed by atoms with Gasteiger partial charge in [0, 0.05) is 25.7 Å². The Balaban J connectivity index is 4.46. The number of aliphatic imine (C=N–C) groups is 1. The summed E-state index contributed by atoms with van der Waals surface area (Å²) in [6.45, 7) is 16.5. The Morgan fingerprint density at radius 1 is 1.11 bits per heavy atom. The van der Waals surface area contributed by atoms with Crippen LogP contribution in [0.25, 0.3) is 0 Å². The van der Waals surface area contributed by atoms with Crippen LogP contribution < -0.4 is 10.6 Å². The van der Waals surface area contributed by atoms with Gasteiger partial charge in [-0.3, -0.25) is 9.89 Å². The van der Waals surface area contributed by atoms with E-state index in [4.69, 9.17) is 0 Å². The third kappa shape index (κ3) is 8.09. The maximum Gasteiger partial charge on any atom is 0.191 e. The largest absolute Gasteiger partial charge is 0.355 e. The van der Waals surface area contributed by atoms with E-state index in [1.807, 2.05) is 7.05 Å². The van der Waals surface area contributed by atoms with Gasteiger partial charge >= 0.3 is 0 Å². The van der Waals surface area contributed by atoms with Gasteiger partial charge in [0.05, 0.1) is 0 Å². The number of rotatable bonds is 8. The normalized spacial score (nSPS) is 14.3. The second-order valence-electron chi connectivity index (χ2n) is 5.76. The van der Waals surface area contributed by atoms with Gasteiger partial charge in [0.25, 0.3) is 0 Å². The van der Waals surface area contributed by atoms with E-state index in [-0.39, 0.29) is 0 Å². The van der Waals surface area contributed by atoms with E-state index >= 15 is 0 Å². The van der Waals surface area contributed by atoms with Gasteiger partial charge in [-0.2, -0.15) is 0 Å². The molecule has 0 saturated carbocycles. The van der Waals surface area contributed by atoms with Crippen molar-refractivity contribution >= 4 is 5.96 Å². The molecule has 19 heavy (non-hydrogen) atoms. The van der Waals surface area contributed by atoms with Crippen LogP contribution in [0.15, 0.2) is 4.99 Å². The van der Waals surface area contributed by atoms with E-state index in [9.17, 15) is 0 Å². The molecule has 0 amide bonds. The third-order valence-electron chi connectivity index (χ3n) is 3.23. The van der Waals surface area contributed by atoms with Crippen LogP contribution in [-0.4, -0.2) is 49.6 Å². The van der Waals surface area contributed by atoms with Crippen molar-refractivity contribution in [2.75, 3.05) is 26.7 Å². The van der Waals surface area contributed by atoms with Crippen LogP contribution in [0.1, 0.15) is 48.0 Å². The summed E-state index contributed by atoms with van der Waals surface area (Å²) in [6, 6.07) is 0.976. The first-order valence-corrected chi connectivity index (χ1v) is 7.65. The first-order chi connectivity index (χ1) is 8.94. The lowest BCUT2D eigenvalue weighted by atomic mass is 10.0. The monoisotopic (exact) mass is 270 g/mol. The topological polar surface area (TPSA) is 39.7 Å². The van der Waals surface area contributed by atoms with Crippen molar-refractivity contribution in [2.45, 2.75) is 60.0 Å². The molecule has 0 aliphatic rings. The van der Waals surface area contributed by atoms with E-state index in [1.165, 1.54) is 6.42 Å². The van der Waals surface area contributed by atoms with Crippen molar-refractivity contribution in [3.63, 3.8) is 0 Å². The fourth-order valence-corrected chi connectivity index (χ4v) is 2.33. The standard InChI is InChI=1S/C15H34N4/c1-8-19(9-2)14(10-12(3)4)11-17-15(16-7)18-13(5)6/h12-14H,8-11H2,1-7H3,(H2,16,17,18). The Labute approximate surface area is 120 Å². The maximum atomic E-state index is 4.27. The molecule has 2 N–H and O–H groups in total. The van der Waals surface area contributed by atoms with Gasteiger partial charge in [-0.1, -0.05) is 27.7 Å². The molecule has 0 saturated heterocycles. The summed E-state index contributed by atoms with van der Waals surface area (Å²) in [6.07, 6.45) is 1.22.